The average Bonchev–Trinajstić information content (AvgIpc) is 2.50. The molecule has 126 valence electrons. The second kappa shape index (κ2) is 10.0. The smallest absolute Gasteiger partial charge is 0.0608 e. The molecule has 1 aromatic carbocycles. The number of rotatable bonds is 11. The van der Waals surface area contributed by atoms with Gasteiger partial charge in [0, 0.05) is 5.54 Å². The van der Waals surface area contributed by atoms with Crippen molar-refractivity contribution in [3.63, 3.8) is 0 Å². The van der Waals surface area contributed by atoms with E-state index in [9.17, 15) is 5.11 Å². The van der Waals surface area contributed by atoms with Crippen molar-refractivity contribution < 1.29 is 5.11 Å². The number of aryl methyl sites for hydroxylation is 1. The number of nitrogens with two attached hydrogens (primary N) is 1. The van der Waals surface area contributed by atoms with E-state index in [1.54, 1.807) is 0 Å². The molecule has 2 heteroatoms. The van der Waals surface area contributed by atoms with E-state index in [1.807, 2.05) is 6.92 Å². The summed E-state index contributed by atoms with van der Waals surface area (Å²) in [5, 5.41) is 9.32. The molecule has 2 atom stereocenters. The normalized spacial score (nSPS) is 15.5. The van der Waals surface area contributed by atoms with Crippen molar-refractivity contribution in [3.8, 4) is 0 Å². The van der Waals surface area contributed by atoms with Crippen LogP contribution in [0.25, 0.3) is 0 Å². The molecule has 0 bridgehead atoms. The standard InChI is InChI=1S/C20H35NO/c1-4-5-6-7-8-9-11-18-12-10-13-19(14-18)17(2)15-20(3,21)16-22/h10,12-14,17,22H,4-9,11,15-16,21H2,1-3H3. The molecule has 0 aliphatic heterocycles. The lowest BCUT2D eigenvalue weighted by Crippen LogP contribution is -2.41. The monoisotopic (exact) mass is 305 g/mol. The molecule has 3 N–H and O–H groups in total. The molecule has 0 saturated heterocycles. The number of hydrogen-bond donors (Lipinski definition) is 2. The Kier molecular flexibility index (Phi) is 8.74. The number of hydrogen-bond acceptors (Lipinski definition) is 2. The molecule has 0 aromatic heterocycles. The van der Waals surface area contributed by atoms with Crippen molar-refractivity contribution in [2.24, 2.45) is 5.73 Å². The highest BCUT2D eigenvalue weighted by atomic mass is 16.3. The SMILES string of the molecule is CCCCCCCCc1cccc(C(C)CC(C)(N)CO)c1. The Labute approximate surface area is 137 Å². The topological polar surface area (TPSA) is 46.2 Å². The van der Waals surface area contributed by atoms with Gasteiger partial charge in [0.25, 0.3) is 0 Å². The van der Waals surface area contributed by atoms with Crippen LogP contribution in [0.3, 0.4) is 0 Å². The summed E-state index contributed by atoms with van der Waals surface area (Å²) in [6.07, 6.45) is 10.0. The number of aliphatic hydroxyl groups excluding tert-OH is 1. The molecule has 0 amide bonds. The molecule has 0 saturated carbocycles. The van der Waals surface area contributed by atoms with Crippen LogP contribution in [-0.2, 0) is 6.42 Å². The molecule has 0 fully saturated rings. The lowest BCUT2D eigenvalue weighted by atomic mass is 9.86. The minimum absolute atomic E-state index is 0.0365. The van der Waals surface area contributed by atoms with Crippen molar-refractivity contribution in [3.05, 3.63) is 35.4 Å². The van der Waals surface area contributed by atoms with E-state index < -0.39 is 5.54 Å². The van der Waals surface area contributed by atoms with E-state index in [1.165, 1.54) is 56.1 Å². The van der Waals surface area contributed by atoms with Gasteiger partial charge in [-0.05, 0) is 43.2 Å². The van der Waals surface area contributed by atoms with Gasteiger partial charge in [-0.3, -0.25) is 0 Å². The van der Waals surface area contributed by atoms with Crippen LogP contribution in [0.2, 0.25) is 0 Å². The Balaban J connectivity index is 2.44. The highest BCUT2D eigenvalue weighted by Gasteiger charge is 2.21. The van der Waals surface area contributed by atoms with E-state index in [4.69, 9.17) is 5.73 Å². The van der Waals surface area contributed by atoms with E-state index in [0.29, 0.717) is 5.92 Å². The van der Waals surface area contributed by atoms with E-state index in [2.05, 4.69) is 38.1 Å². The third-order valence-corrected chi connectivity index (χ3v) is 4.47. The maximum atomic E-state index is 9.32. The Morgan fingerprint density at radius 2 is 1.82 bits per heavy atom. The Hall–Kier alpha value is -0.860. The van der Waals surface area contributed by atoms with Crippen LogP contribution in [0, 0.1) is 0 Å². The van der Waals surface area contributed by atoms with Crippen molar-refractivity contribution in [2.75, 3.05) is 6.61 Å². The predicted octanol–water partition coefficient (Wildman–Crippen LogP) is 4.79. The minimum Gasteiger partial charge on any atom is -0.394 e. The first-order chi connectivity index (χ1) is 10.5. The Bertz CT molecular complexity index is 414. The highest BCUT2D eigenvalue weighted by molar-refractivity contribution is 5.26. The van der Waals surface area contributed by atoms with Crippen LogP contribution in [-0.4, -0.2) is 17.3 Å². The minimum atomic E-state index is -0.491. The molecule has 0 radical (unpaired) electrons. The van der Waals surface area contributed by atoms with Gasteiger partial charge in [-0.15, -0.1) is 0 Å². The highest BCUT2D eigenvalue weighted by Crippen LogP contribution is 2.25. The third kappa shape index (κ3) is 7.42. The zero-order valence-electron chi connectivity index (χ0n) is 14.8. The summed E-state index contributed by atoms with van der Waals surface area (Å²) in [5.74, 6) is 0.381. The van der Waals surface area contributed by atoms with E-state index in [0.717, 1.165) is 6.42 Å². The van der Waals surface area contributed by atoms with Crippen molar-refractivity contribution >= 4 is 0 Å². The van der Waals surface area contributed by atoms with Crippen LogP contribution >= 0.6 is 0 Å². The molecular formula is C20H35NO. The molecule has 1 rings (SSSR count). The molecular weight excluding hydrogens is 270 g/mol. The fourth-order valence-electron chi connectivity index (χ4n) is 3.05. The summed E-state index contributed by atoms with van der Waals surface area (Å²) in [6.45, 7) is 6.42. The van der Waals surface area contributed by atoms with Gasteiger partial charge >= 0.3 is 0 Å². The lowest BCUT2D eigenvalue weighted by molar-refractivity contribution is 0.194. The first kappa shape index (κ1) is 19.2. The second-order valence-corrected chi connectivity index (χ2v) is 7.18. The van der Waals surface area contributed by atoms with Crippen molar-refractivity contribution in [2.45, 2.75) is 83.6 Å². The van der Waals surface area contributed by atoms with Crippen LogP contribution in [0.1, 0.15) is 82.8 Å². The molecule has 2 unspecified atom stereocenters. The summed E-state index contributed by atoms with van der Waals surface area (Å²) < 4.78 is 0. The van der Waals surface area contributed by atoms with Gasteiger partial charge in [-0.1, -0.05) is 70.2 Å². The van der Waals surface area contributed by atoms with Gasteiger partial charge < -0.3 is 10.8 Å². The lowest BCUT2D eigenvalue weighted by Gasteiger charge is -2.26. The van der Waals surface area contributed by atoms with Crippen molar-refractivity contribution in [1.29, 1.82) is 0 Å². The average molecular weight is 306 g/mol. The first-order valence-corrected chi connectivity index (χ1v) is 8.97. The molecule has 0 spiro atoms. The zero-order valence-corrected chi connectivity index (χ0v) is 14.8. The number of unbranched alkanes of at least 4 members (excludes halogenated alkanes) is 5. The zero-order chi connectivity index (χ0) is 16.4. The number of aliphatic hydroxyl groups is 1. The maximum absolute atomic E-state index is 9.32. The van der Waals surface area contributed by atoms with Crippen molar-refractivity contribution in [1.82, 2.24) is 0 Å². The quantitative estimate of drug-likeness (QED) is 0.577. The maximum Gasteiger partial charge on any atom is 0.0608 e. The molecule has 0 heterocycles. The van der Waals surface area contributed by atoms with E-state index in [-0.39, 0.29) is 6.61 Å². The Morgan fingerprint density at radius 1 is 1.14 bits per heavy atom. The van der Waals surface area contributed by atoms with E-state index >= 15 is 0 Å². The van der Waals surface area contributed by atoms with Gasteiger partial charge in [0.05, 0.1) is 6.61 Å². The van der Waals surface area contributed by atoms with Gasteiger partial charge in [-0.25, -0.2) is 0 Å². The van der Waals surface area contributed by atoms with Crippen LogP contribution in [0.15, 0.2) is 24.3 Å². The van der Waals surface area contributed by atoms with Gasteiger partial charge in [0.1, 0.15) is 0 Å². The Morgan fingerprint density at radius 3 is 2.50 bits per heavy atom. The summed E-state index contributed by atoms with van der Waals surface area (Å²) in [6, 6.07) is 8.90. The predicted molar refractivity (Wildman–Crippen MR) is 96.2 cm³/mol. The third-order valence-electron chi connectivity index (χ3n) is 4.47. The molecule has 0 aliphatic carbocycles. The molecule has 1 aromatic rings. The summed E-state index contributed by atoms with van der Waals surface area (Å²) >= 11 is 0. The fourth-order valence-corrected chi connectivity index (χ4v) is 3.05. The number of benzene rings is 1. The van der Waals surface area contributed by atoms with Crippen LogP contribution in [0.4, 0.5) is 0 Å². The van der Waals surface area contributed by atoms with Crippen LogP contribution in [0.5, 0.6) is 0 Å². The van der Waals surface area contributed by atoms with Crippen LogP contribution < -0.4 is 5.73 Å². The summed E-state index contributed by atoms with van der Waals surface area (Å²) in [5.41, 5.74) is 8.36. The van der Waals surface area contributed by atoms with Gasteiger partial charge in [-0.2, -0.15) is 0 Å². The molecule has 0 aliphatic rings. The summed E-state index contributed by atoms with van der Waals surface area (Å²) in [4.78, 5) is 0. The first-order valence-electron chi connectivity index (χ1n) is 8.97. The fraction of sp³-hybridized carbons (Fsp3) is 0.700. The second-order valence-electron chi connectivity index (χ2n) is 7.18. The molecule has 22 heavy (non-hydrogen) atoms. The largest absolute Gasteiger partial charge is 0.394 e. The van der Waals surface area contributed by atoms with Gasteiger partial charge in [0.15, 0.2) is 0 Å². The molecule has 2 nitrogen and oxygen atoms in total. The summed E-state index contributed by atoms with van der Waals surface area (Å²) in [7, 11) is 0. The van der Waals surface area contributed by atoms with Gasteiger partial charge in [0.2, 0.25) is 0 Å².